The van der Waals surface area contributed by atoms with Crippen molar-refractivity contribution in [1.29, 1.82) is 0 Å². The van der Waals surface area contributed by atoms with Gasteiger partial charge in [-0.3, -0.25) is 4.79 Å². The van der Waals surface area contributed by atoms with Crippen LogP contribution < -0.4 is 0 Å². The largest absolute Gasteiger partial charge is 0.302 e. The van der Waals surface area contributed by atoms with Crippen molar-refractivity contribution < 1.29 is 4.79 Å². The Balaban J connectivity index is 0.000000845. The van der Waals surface area contributed by atoms with Crippen LogP contribution in [-0.4, -0.2) is 30.3 Å². The normalized spacial score (nSPS) is 38.2. The zero-order valence-corrected chi connectivity index (χ0v) is 7.75. The Kier molecular flexibility index (Phi) is 3.48. The fraction of sp³-hybridized carbons (Fsp3) is 0.909. The van der Waals surface area contributed by atoms with Crippen LogP contribution in [0.25, 0.3) is 0 Å². The highest BCUT2D eigenvalue weighted by Crippen LogP contribution is 2.28. The van der Waals surface area contributed by atoms with E-state index in [-0.39, 0.29) is 7.43 Å². The Labute approximate surface area is 81.3 Å². The number of fused-ring (bicyclic) bond motifs is 2. The Morgan fingerprint density at radius 1 is 1.46 bits per heavy atom. The number of nitrogens with zero attached hydrogens (tertiary/aromatic N) is 1. The maximum atomic E-state index is 11.4. The number of Topliss-reactive ketones (excluding diaryl/α,β-unsaturated/α-hetero) is 1. The fourth-order valence-corrected chi connectivity index (χ4v) is 2.49. The summed E-state index contributed by atoms with van der Waals surface area (Å²) in [5.74, 6) is 1.69. The maximum Gasteiger partial charge on any atom is 0.138 e. The summed E-state index contributed by atoms with van der Waals surface area (Å²) in [6.45, 7) is 5.54. The lowest BCUT2D eigenvalue weighted by Crippen LogP contribution is -2.48. The van der Waals surface area contributed by atoms with Crippen molar-refractivity contribution in [3.05, 3.63) is 0 Å². The van der Waals surface area contributed by atoms with E-state index in [0.29, 0.717) is 11.7 Å². The molecule has 2 heteroatoms. The van der Waals surface area contributed by atoms with Crippen molar-refractivity contribution in [2.24, 2.45) is 11.8 Å². The summed E-state index contributed by atoms with van der Waals surface area (Å²) < 4.78 is 0. The Hall–Kier alpha value is -0.370. The molecule has 0 N–H and O–H groups in total. The molecule has 0 aliphatic carbocycles. The summed E-state index contributed by atoms with van der Waals surface area (Å²) in [5.41, 5.74) is 0. The average Bonchev–Trinajstić information content (AvgIpc) is 2.12. The summed E-state index contributed by atoms with van der Waals surface area (Å²) in [4.78, 5) is 13.9. The van der Waals surface area contributed by atoms with Gasteiger partial charge >= 0.3 is 0 Å². The van der Waals surface area contributed by atoms with Crippen molar-refractivity contribution in [3.8, 4) is 0 Å². The van der Waals surface area contributed by atoms with Crippen LogP contribution in [0.2, 0.25) is 0 Å². The Morgan fingerprint density at radius 3 is 2.92 bits per heavy atom. The number of carbonyl (C=O) groups excluding carboxylic acids is 1. The van der Waals surface area contributed by atoms with E-state index in [1.807, 2.05) is 0 Å². The zero-order valence-electron chi connectivity index (χ0n) is 7.75. The van der Waals surface area contributed by atoms with Crippen molar-refractivity contribution in [2.75, 3.05) is 19.6 Å². The summed E-state index contributed by atoms with van der Waals surface area (Å²) >= 11 is 0. The molecule has 0 aromatic carbocycles. The molecule has 2 heterocycles. The minimum absolute atomic E-state index is 0. The van der Waals surface area contributed by atoms with Crippen LogP contribution in [0.5, 0.6) is 0 Å². The van der Waals surface area contributed by atoms with Gasteiger partial charge in [-0.2, -0.15) is 0 Å². The molecule has 2 nitrogen and oxygen atoms in total. The molecule has 0 amide bonds. The molecule has 76 valence electrons. The molecule has 0 aromatic heterocycles. The molecule has 0 saturated carbocycles. The van der Waals surface area contributed by atoms with E-state index in [1.54, 1.807) is 0 Å². The first-order valence-corrected chi connectivity index (χ1v) is 5.04. The number of piperidine rings is 2. The summed E-state index contributed by atoms with van der Waals surface area (Å²) in [5, 5.41) is 0. The van der Waals surface area contributed by atoms with Gasteiger partial charge in [-0.25, -0.2) is 0 Å². The lowest BCUT2D eigenvalue weighted by Gasteiger charge is -2.40. The predicted octanol–water partition coefficient (Wildman–Crippen LogP) is 1.94. The van der Waals surface area contributed by atoms with E-state index in [0.717, 1.165) is 31.8 Å². The molecule has 3 unspecified atom stereocenters. The molecule has 0 spiro atoms. The first-order chi connectivity index (χ1) is 5.79. The number of hydrogen-bond donors (Lipinski definition) is 0. The van der Waals surface area contributed by atoms with Gasteiger partial charge in [0.15, 0.2) is 0 Å². The minimum Gasteiger partial charge on any atom is -0.302 e. The molecule has 2 aliphatic rings. The van der Waals surface area contributed by atoms with Crippen LogP contribution in [0.15, 0.2) is 0 Å². The van der Waals surface area contributed by atoms with Gasteiger partial charge in [0.25, 0.3) is 0 Å². The molecular weight excluding hydrogens is 162 g/mol. The van der Waals surface area contributed by atoms with Crippen LogP contribution in [-0.2, 0) is 4.79 Å². The summed E-state index contributed by atoms with van der Waals surface area (Å²) in [6.07, 6.45) is 3.20. The number of hydrogen-bond acceptors (Lipinski definition) is 2. The second-order valence-corrected chi connectivity index (χ2v) is 4.18. The molecule has 2 rings (SSSR count). The molecular formula is C11H21NO. The monoisotopic (exact) mass is 183 g/mol. The number of carbonyl (C=O) groups is 1. The Morgan fingerprint density at radius 2 is 2.23 bits per heavy atom. The molecule has 3 atom stereocenters. The molecule has 13 heavy (non-hydrogen) atoms. The van der Waals surface area contributed by atoms with Gasteiger partial charge in [0.2, 0.25) is 0 Å². The highest BCUT2D eigenvalue weighted by Gasteiger charge is 2.34. The maximum absolute atomic E-state index is 11.4. The van der Waals surface area contributed by atoms with Gasteiger partial charge in [-0.1, -0.05) is 20.8 Å². The smallest absolute Gasteiger partial charge is 0.138 e. The molecule has 0 aromatic rings. The number of ketones is 1. The van der Waals surface area contributed by atoms with Crippen molar-refractivity contribution in [3.63, 3.8) is 0 Å². The van der Waals surface area contributed by atoms with Gasteiger partial charge in [0.1, 0.15) is 5.78 Å². The third-order valence-electron chi connectivity index (χ3n) is 3.32. The van der Waals surface area contributed by atoms with Crippen LogP contribution >= 0.6 is 0 Å². The zero-order chi connectivity index (χ0) is 8.55. The van der Waals surface area contributed by atoms with Crippen LogP contribution in [0.4, 0.5) is 0 Å². The first kappa shape index (κ1) is 10.7. The van der Waals surface area contributed by atoms with E-state index in [2.05, 4.69) is 11.8 Å². The SMILES string of the molecule is C.CCC1CC2CN(CCC2=O)C1. The van der Waals surface area contributed by atoms with Gasteiger partial charge in [0, 0.05) is 32.0 Å². The van der Waals surface area contributed by atoms with E-state index in [4.69, 9.17) is 0 Å². The summed E-state index contributed by atoms with van der Waals surface area (Å²) in [6, 6.07) is 0. The van der Waals surface area contributed by atoms with E-state index >= 15 is 0 Å². The highest BCUT2D eigenvalue weighted by atomic mass is 16.1. The van der Waals surface area contributed by atoms with Crippen LogP contribution in [0, 0.1) is 11.8 Å². The predicted molar refractivity (Wildman–Crippen MR) is 54.7 cm³/mol. The van der Waals surface area contributed by atoms with E-state index in [9.17, 15) is 4.79 Å². The number of rotatable bonds is 1. The standard InChI is InChI=1S/C10H17NO.CH4/c1-2-8-5-9-7-11(6-8)4-3-10(9)12;/h8-9H,2-7H2,1H3;1H4. The topological polar surface area (TPSA) is 20.3 Å². The highest BCUT2D eigenvalue weighted by molar-refractivity contribution is 5.82. The molecule has 2 fully saturated rings. The lowest BCUT2D eigenvalue weighted by atomic mass is 9.81. The molecule has 0 radical (unpaired) electrons. The summed E-state index contributed by atoms with van der Waals surface area (Å²) in [7, 11) is 0. The average molecular weight is 183 g/mol. The van der Waals surface area contributed by atoms with Gasteiger partial charge in [-0.05, 0) is 12.3 Å². The molecule has 2 bridgehead atoms. The van der Waals surface area contributed by atoms with Gasteiger partial charge in [0.05, 0.1) is 0 Å². The van der Waals surface area contributed by atoms with Crippen molar-refractivity contribution in [1.82, 2.24) is 4.90 Å². The van der Waals surface area contributed by atoms with Crippen LogP contribution in [0.1, 0.15) is 33.6 Å². The van der Waals surface area contributed by atoms with Gasteiger partial charge in [-0.15, -0.1) is 0 Å². The van der Waals surface area contributed by atoms with Crippen LogP contribution in [0.3, 0.4) is 0 Å². The van der Waals surface area contributed by atoms with Gasteiger partial charge < -0.3 is 4.90 Å². The lowest BCUT2D eigenvalue weighted by molar-refractivity contribution is -0.129. The third-order valence-corrected chi connectivity index (χ3v) is 3.32. The molecule has 2 saturated heterocycles. The fourth-order valence-electron chi connectivity index (χ4n) is 2.49. The second kappa shape index (κ2) is 4.23. The van der Waals surface area contributed by atoms with E-state index in [1.165, 1.54) is 13.0 Å². The quantitative estimate of drug-likeness (QED) is 0.619. The first-order valence-electron chi connectivity index (χ1n) is 5.04. The van der Waals surface area contributed by atoms with E-state index < -0.39 is 0 Å². The van der Waals surface area contributed by atoms with Crippen molar-refractivity contribution >= 4 is 5.78 Å². The molecule has 2 aliphatic heterocycles. The van der Waals surface area contributed by atoms with Crippen molar-refractivity contribution in [2.45, 2.75) is 33.6 Å². The Bertz CT molecular complexity index is 191. The second-order valence-electron chi connectivity index (χ2n) is 4.18. The third kappa shape index (κ3) is 2.11. The minimum atomic E-state index is 0.